The molecule has 1 atom stereocenters. The average molecular weight is 400 g/mol. The molecule has 0 bridgehead atoms. The van der Waals surface area contributed by atoms with Gasteiger partial charge in [-0.1, -0.05) is 31.0 Å². The summed E-state index contributed by atoms with van der Waals surface area (Å²) in [7, 11) is 0. The molecule has 2 heterocycles. The van der Waals surface area contributed by atoms with Gasteiger partial charge in [-0.2, -0.15) is 0 Å². The lowest BCUT2D eigenvalue weighted by atomic mass is 9.84. The van der Waals surface area contributed by atoms with Gasteiger partial charge in [0.2, 0.25) is 17.7 Å². The number of amides is 3. The number of carbonyl (C=O) groups is 3. The molecule has 2 fully saturated rings. The molecule has 1 aliphatic heterocycles. The van der Waals surface area contributed by atoms with Crippen molar-refractivity contribution in [1.82, 2.24) is 10.2 Å². The van der Waals surface area contributed by atoms with Gasteiger partial charge in [0, 0.05) is 11.3 Å². The third kappa shape index (κ3) is 3.46. The Hall–Kier alpha value is -2.54. The zero-order valence-corrected chi connectivity index (χ0v) is 16.1. The van der Waals surface area contributed by atoms with Crippen LogP contribution < -0.4 is 5.32 Å². The normalized spacial score (nSPS) is 19.4. The molecule has 7 heteroatoms. The van der Waals surface area contributed by atoms with Crippen LogP contribution in [-0.4, -0.2) is 29.2 Å². The molecule has 1 aliphatic carbocycles. The van der Waals surface area contributed by atoms with Gasteiger partial charge in [-0.15, -0.1) is 11.3 Å². The zero-order chi connectivity index (χ0) is 19.7. The Kier molecular flexibility index (Phi) is 5.02. The molecule has 1 aromatic heterocycles. The second kappa shape index (κ2) is 7.47. The first-order chi connectivity index (χ1) is 13.5. The molecule has 3 amide bonds. The molecule has 5 nitrogen and oxygen atoms in total. The van der Waals surface area contributed by atoms with Gasteiger partial charge in [-0.25, -0.2) is 4.39 Å². The summed E-state index contributed by atoms with van der Waals surface area (Å²) in [5, 5.41) is 4.80. The molecule has 1 saturated heterocycles. The van der Waals surface area contributed by atoms with Crippen LogP contribution in [-0.2, 0) is 14.4 Å². The van der Waals surface area contributed by atoms with E-state index in [0.29, 0.717) is 0 Å². The number of thiophene rings is 1. The van der Waals surface area contributed by atoms with Gasteiger partial charge in [-0.3, -0.25) is 19.3 Å². The first-order valence-electron chi connectivity index (χ1n) is 9.42. The van der Waals surface area contributed by atoms with Crippen LogP contribution in [0.25, 0.3) is 0 Å². The highest BCUT2D eigenvalue weighted by molar-refractivity contribution is 7.10. The number of imide groups is 1. The standard InChI is InChI=1S/C21H21FN2O3S/c22-15-7-5-14(6-8-15)19(16-4-3-11-28-16)23-17(25)13-24-18(26)12-21(20(24)27)9-1-2-10-21/h3-8,11,19H,1-2,9-10,12-13H2,(H,23,25)/t19-/m1/s1. The maximum absolute atomic E-state index is 13.3. The van der Waals surface area contributed by atoms with E-state index in [1.165, 1.54) is 23.5 Å². The number of likely N-dealkylation sites (tertiary alicyclic amines) is 1. The van der Waals surface area contributed by atoms with Crippen LogP contribution in [0.4, 0.5) is 4.39 Å². The molecular weight excluding hydrogens is 379 g/mol. The van der Waals surface area contributed by atoms with Crippen LogP contribution in [0.5, 0.6) is 0 Å². The topological polar surface area (TPSA) is 66.5 Å². The van der Waals surface area contributed by atoms with E-state index in [1.54, 1.807) is 12.1 Å². The highest BCUT2D eigenvalue weighted by Gasteiger charge is 2.52. The van der Waals surface area contributed by atoms with Crippen molar-refractivity contribution >= 4 is 29.1 Å². The molecule has 1 aromatic carbocycles. The zero-order valence-electron chi connectivity index (χ0n) is 15.3. The molecule has 1 saturated carbocycles. The first kappa shape index (κ1) is 18.8. The number of carbonyl (C=O) groups excluding carboxylic acids is 3. The van der Waals surface area contributed by atoms with Gasteiger partial charge in [0.1, 0.15) is 12.4 Å². The summed E-state index contributed by atoms with van der Waals surface area (Å²) < 4.78 is 13.3. The van der Waals surface area contributed by atoms with Crippen molar-refractivity contribution in [2.75, 3.05) is 6.54 Å². The molecule has 2 aromatic rings. The predicted molar refractivity (Wildman–Crippen MR) is 103 cm³/mol. The van der Waals surface area contributed by atoms with Crippen molar-refractivity contribution in [3.63, 3.8) is 0 Å². The smallest absolute Gasteiger partial charge is 0.240 e. The van der Waals surface area contributed by atoms with Gasteiger partial charge in [-0.05, 0) is 42.0 Å². The Morgan fingerprint density at radius 3 is 2.54 bits per heavy atom. The van der Waals surface area contributed by atoms with Crippen molar-refractivity contribution in [1.29, 1.82) is 0 Å². The quantitative estimate of drug-likeness (QED) is 0.782. The number of hydrogen-bond donors (Lipinski definition) is 1. The highest BCUT2D eigenvalue weighted by atomic mass is 32.1. The number of rotatable bonds is 5. The van der Waals surface area contributed by atoms with E-state index in [0.717, 1.165) is 41.0 Å². The van der Waals surface area contributed by atoms with E-state index in [4.69, 9.17) is 0 Å². The van der Waals surface area contributed by atoms with Gasteiger partial charge in [0.15, 0.2) is 0 Å². The Morgan fingerprint density at radius 2 is 1.89 bits per heavy atom. The minimum atomic E-state index is -0.582. The number of benzene rings is 1. The van der Waals surface area contributed by atoms with E-state index in [1.807, 2.05) is 17.5 Å². The molecule has 0 unspecified atom stereocenters. The molecular formula is C21H21FN2O3S. The maximum Gasteiger partial charge on any atom is 0.240 e. The first-order valence-corrected chi connectivity index (χ1v) is 10.3. The fraction of sp³-hybridized carbons (Fsp3) is 0.381. The molecule has 1 spiro atoms. The Labute approximate surface area is 166 Å². The minimum absolute atomic E-state index is 0.209. The van der Waals surface area contributed by atoms with Crippen LogP contribution in [0.3, 0.4) is 0 Å². The lowest BCUT2D eigenvalue weighted by molar-refractivity contribution is -0.144. The van der Waals surface area contributed by atoms with Crippen molar-refractivity contribution in [2.45, 2.75) is 38.1 Å². The SMILES string of the molecule is O=C(CN1C(=O)CC2(CCCC2)C1=O)N[C@H](c1ccc(F)cc1)c1cccs1. The Morgan fingerprint density at radius 1 is 1.18 bits per heavy atom. The summed E-state index contributed by atoms with van der Waals surface area (Å²) in [6, 6.07) is 9.25. The van der Waals surface area contributed by atoms with E-state index < -0.39 is 17.4 Å². The van der Waals surface area contributed by atoms with Crippen LogP contribution in [0.1, 0.15) is 48.6 Å². The van der Waals surface area contributed by atoms with Gasteiger partial charge >= 0.3 is 0 Å². The molecule has 0 radical (unpaired) electrons. The molecule has 146 valence electrons. The Bertz CT molecular complexity index is 889. The third-order valence-electron chi connectivity index (χ3n) is 5.69. The van der Waals surface area contributed by atoms with E-state index in [9.17, 15) is 18.8 Å². The third-order valence-corrected chi connectivity index (χ3v) is 6.63. The number of nitrogens with zero attached hydrogens (tertiary/aromatic N) is 1. The Balaban J connectivity index is 1.50. The molecule has 2 aliphatic rings. The van der Waals surface area contributed by atoms with Crippen molar-refractivity contribution < 1.29 is 18.8 Å². The second-order valence-electron chi connectivity index (χ2n) is 7.52. The maximum atomic E-state index is 13.3. The van der Waals surface area contributed by atoms with Crippen LogP contribution in [0.15, 0.2) is 41.8 Å². The fourth-order valence-electron chi connectivity index (χ4n) is 4.24. The largest absolute Gasteiger partial charge is 0.343 e. The van der Waals surface area contributed by atoms with Crippen molar-refractivity contribution in [3.05, 3.63) is 58.0 Å². The summed E-state index contributed by atoms with van der Waals surface area (Å²) in [6.07, 6.45) is 3.56. The van der Waals surface area contributed by atoms with Crippen LogP contribution in [0.2, 0.25) is 0 Å². The minimum Gasteiger partial charge on any atom is -0.343 e. The number of halogens is 1. The molecule has 28 heavy (non-hydrogen) atoms. The van der Waals surface area contributed by atoms with Gasteiger partial charge in [0.05, 0.1) is 11.5 Å². The summed E-state index contributed by atoms with van der Waals surface area (Å²) in [6.45, 7) is -0.275. The second-order valence-corrected chi connectivity index (χ2v) is 8.50. The van der Waals surface area contributed by atoms with E-state index >= 15 is 0 Å². The highest BCUT2D eigenvalue weighted by Crippen LogP contribution is 2.46. The van der Waals surface area contributed by atoms with Gasteiger partial charge in [0.25, 0.3) is 0 Å². The van der Waals surface area contributed by atoms with Crippen LogP contribution in [0, 0.1) is 11.2 Å². The summed E-state index contributed by atoms with van der Waals surface area (Å²) in [5.74, 6) is -1.23. The lowest BCUT2D eigenvalue weighted by Gasteiger charge is -2.22. The molecule has 4 rings (SSSR count). The summed E-state index contributed by atoms with van der Waals surface area (Å²) in [4.78, 5) is 39.9. The number of nitrogens with one attached hydrogen (secondary N) is 1. The summed E-state index contributed by atoms with van der Waals surface area (Å²) in [5.41, 5.74) is 0.158. The summed E-state index contributed by atoms with van der Waals surface area (Å²) >= 11 is 1.48. The predicted octanol–water partition coefficient (Wildman–Crippen LogP) is 3.41. The monoisotopic (exact) mass is 400 g/mol. The van der Waals surface area contributed by atoms with Gasteiger partial charge < -0.3 is 5.32 Å². The average Bonchev–Trinajstić information content (AvgIpc) is 3.40. The lowest BCUT2D eigenvalue weighted by Crippen LogP contribution is -2.43. The van der Waals surface area contributed by atoms with Crippen molar-refractivity contribution in [2.24, 2.45) is 5.41 Å². The van der Waals surface area contributed by atoms with E-state index in [-0.39, 0.29) is 30.6 Å². The van der Waals surface area contributed by atoms with Crippen molar-refractivity contribution in [3.8, 4) is 0 Å². The number of hydrogen-bond acceptors (Lipinski definition) is 4. The fourth-order valence-corrected chi connectivity index (χ4v) is 5.04. The molecule has 1 N–H and O–H groups in total. The van der Waals surface area contributed by atoms with Crippen LogP contribution >= 0.6 is 11.3 Å². The van der Waals surface area contributed by atoms with E-state index in [2.05, 4.69) is 5.32 Å².